The van der Waals surface area contributed by atoms with Crippen molar-refractivity contribution in [1.29, 1.82) is 0 Å². The molecule has 0 bridgehead atoms. The molecule has 0 fully saturated rings. The second-order valence-corrected chi connectivity index (χ2v) is 6.20. The molecule has 21 heavy (non-hydrogen) atoms. The van der Waals surface area contributed by atoms with Gasteiger partial charge in [-0.3, -0.25) is 0 Å². The van der Waals surface area contributed by atoms with Crippen LogP contribution in [-0.2, 0) is 13.0 Å². The first-order valence-corrected chi connectivity index (χ1v) is 7.85. The van der Waals surface area contributed by atoms with E-state index in [1.54, 1.807) is 18.2 Å². The molecule has 0 heterocycles. The van der Waals surface area contributed by atoms with Gasteiger partial charge in [0.2, 0.25) is 0 Å². The zero-order chi connectivity index (χ0) is 15.2. The number of quaternary nitrogens is 1. The van der Waals surface area contributed by atoms with Crippen molar-refractivity contribution < 1.29 is 10.4 Å². The summed E-state index contributed by atoms with van der Waals surface area (Å²) in [5.41, 5.74) is 2.36. The number of hydrogen-bond acceptors (Lipinski definition) is 1. The molecule has 2 aromatic carbocycles. The van der Waals surface area contributed by atoms with E-state index in [0.29, 0.717) is 16.8 Å². The highest BCUT2D eigenvalue weighted by atomic mass is 35.5. The van der Waals surface area contributed by atoms with E-state index in [2.05, 4.69) is 12.2 Å². The number of halogens is 2. The Labute approximate surface area is 135 Å². The number of rotatable bonds is 6. The quantitative estimate of drug-likeness (QED) is 0.833. The Hall–Kier alpha value is -1.22. The topological polar surface area (TPSA) is 36.8 Å². The molecule has 0 aromatic heterocycles. The Bertz CT molecular complexity index is 584. The SMILES string of the molecule is C[C@H](CCc1ccc(O)cc1)[NH2+]Cc1ccc(Cl)cc1Cl. The number of aryl methyl sites for hydroxylation is 1. The normalized spacial score (nSPS) is 12.3. The summed E-state index contributed by atoms with van der Waals surface area (Å²) in [6.07, 6.45) is 2.09. The monoisotopic (exact) mass is 324 g/mol. The maximum Gasteiger partial charge on any atom is 0.115 e. The third-order valence-corrected chi connectivity index (χ3v) is 4.17. The lowest BCUT2D eigenvalue weighted by atomic mass is 10.1. The van der Waals surface area contributed by atoms with E-state index in [4.69, 9.17) is 23.2 Å². The maximum absolute atomic E-state index is 9.26. The number of nitrogens with two attached hydrogens (primary N) is 1. The molecular formula is C17H20Cl2NO+. The highest BCUT2D eigenvalue weighted by Gasteiger charge is 2.08. The molecule has 112 valence electrons. The Morgan fingerprint density at radius 2 is 1.81 bits per heavy atom. The summed E-state index contributed by atoms with van der Waals surface area (Å²) >= 11 is 12.1. The molecule has 0 unspecified atom stereocenters. The summed E-state index contributed by atoms with van der Waals surface area (Å²) in [5, 5.41) is 12.9. The highest BCUT2D eigenvalue weighted by Crippen LogP contribution is 2.20. The number of benzene rings is 2. The van der Waals surface area contributed by atoms with E-state index in [1.165, 1.54) is 5.56 Å². The van der Waals surface area contributed by atoms with Gasteiger partial charge in [-0.05, 0) is 43.2 Å². The molecule has 1 atom stereocenters. The lowest BCUT2D eigenvalue weighted by molar-refractivity contribution is -0.701. The summed E-state index contributed by atoms with van der Waals surface area (Å²) in [6, 6.07) is 13.6. The van der Waals surface area contributed by atoms with Crippen LogP contribution < -0.4 is 5.32 Å². The average molecular weight is 325 g/mol. The van der Waals surface area contributed by atoms with Crippen molar-refractivity contribution in [2.75, 3.05) is 0 Å². The van der Waals surface area contributed by atoms with Gasteiger partial charge in [0.1, 0.15) is 12.3 Å². The zero-order valence-corrected chi connectivity index (χ0v) is 13.5. The molecule has 3 N–H and O–H groups in total. The van der Waals surface area contributed by atoms with E-state index >= 15 is 0 Å². The molecular weight excluding hydrogens is 305 g/mol. The van der Waals surface area contributed by atoms with E-state index in [0.717, 1.165) is 30.0 Å². The smallest absolute Gasteiger partial charge is 0.115 e. The molecule has 0 aliphatic carbocycles. The minimum Gasteiger partial charge on any atom is -0.508 e. The summed E-state index contributed by atoms with van der Waals surface area (Å²) in [6.45, 7) is 3.07. The maximum atomic E-state index is 9.26. The van der Waals surface area contributed by atoms with Gasteiger partial charge in [0.25, 0.3) is 0 Å². The molecule has 0 aliphatic heterocycles. The van der Waals surface area contributed by atoms with Gasteiger partial charge in [0, 0.05) is 17.0 Å². The fraction of sp³-hybridized carbons (Fsp3) is 0.294. The van der Waals surface area contributed by atoms with Crippen LogP contribution in [0.5, 0.6) is 5.75 Å². The van der Waals surface area contributed by atoms with E-state index in [9.17, 15) is 5.11 Å². The van der Waals surface area contributed by atoms with Crippen LogP contribution in [0, 0.1) is 0 Å². The molecule has 0 saturated carbocycles. The molecule has 0 spiro atoms. The molecule has 0 amide bonds. The van der Waals surface area contributed by atoms with Gasteiger partial charge >= 0.3 is 0 Å². The van der Waals surface area contributed by atoms with Crippen molar-refractivity contribution in [1.82, 2.24) is 0 Å². The van der Waals surface area contributed by atoms with Gasteiger partial charge in [-0.15, -0.1) is 0 Å². The third-order valence-electron chi connectivity index (χ3n) is 3.58. The minimum atomic E-state index is 0.316. The largest absolute Gasteiger partial charge is 0.508 e. The lowest BCUT2D eigenvalue weighted by Crippen LogP contribution is -2.87. The summed E-state index contributed by atoms with van der Waals surface area (Å²) < 4.78 is 0. The molecule has 2 nitrogen and oxygen atoms in total. The van der Waals surface area contributed by atoms with Crippen molar-refractivity contribution in [3.05, 3.63) is 63.6 Å². The molecule has 4 heteroatoms. The van der Waals surface area contributed by atoms with Crippen molar-refractivity contribution in [2.24, 2.45) is 0 Å². The fourth-order valence-electron chi connectivity index (χ4n) is 2.19. The van der Waals surface area contributed by atoms with Crippen LogP contribution in [0.4, 0.5) is 0 Å². The second-order valence-electron chi connectivity index (χ2n) is 5.36. The molecule has 0 aliphatic rings. The van der Waals surface area contributed by atoms with Crippen molar-refractivity contribution >= 4 is 23.2 Å². The number of hydrogen-bond donors (Lipinski definition) is 2. The van der Waals surface area contributed by atoms with Gasteiger partial charge in [-0.2, -0.15) is 0 Å². The van der Waals surface area contributed by atoms with Crippen molar-refractivity contribution in [2.45, 2.75) is 32.4 Å². The predicted molar refractivity (Wildman–Crippen MR) is 88.0 cm³/mol. The second kappa shape index (κ2) is 7.69. The van der Waals surface area contributed by atoms with Crippen LogP contribution in [0.1, 0.15) is 24.5 Å². The van der Waals surface area contributed by atoms with Gasteiger partial charge < -0.3 is 10.4 Å². The van der Waals surface area contributed by atoms with Crippen LogP contribution >= 0.6 is 23.2 Å². The Morgan fingerprint density at radius 1 is 1.10 bits per heavy atom. The van der Waals surface area contributed by atoms with Gasteiger partial charge in [0.05, 0.1) is 11.1 Å². The van der Waals surface area contributed by atoms with Crippen LogP contribution in [0.3, 0.4) is 0 Å². The summed E-state index contributed by atoms with van der Waals surface area (Å²) in [7, 11) is 0. The molecule has 2 rings (SSSR count). The molecule has 0 radical (unpaired) electrons. The first-order valence-electron chi connectivity index (χ1n) is 7.10. The number of phenolic OH excluding ortho intramolecular Hbond substituents is 1. The minimum absolute atomic E-state index is 0.316. The van der Waals surface area contributed by atoms with E-state index in [1.807, 2.05) is 24.3 Å². The van der Waals surface area contributed by atoms with Crippen LogP contribution in [0.15, 0.2) is 42.5 Å². The summed E-state index contributed by atoms with van der Waals surface area (Å²) in [5.74, 6) is 0.316. The third kappa shape index (κ3) is 5.24. The first kappa shape index (κ1) is 16.2. The number of aromatic hydroxyl groups is 1. The molecule has 0 saturated heterocycles. The lowest BCUT2D eigenvalue weighted by Gasteiger charge is -2.12. The Kier molecular flexibility index (Phi) is 5.92. The van der Waals surface area contributed by atoms with Crippen LogP contribution in [-0.4, -0.2) is 11.1 Å². The van der Waals surface area contributed by atoms with Gasteiger partial charge in [-0.1, -0.05) is 41.4 Å². The van der Waals surface area contributed by atoms with Crippen LogP contribution in [0.25, 0.3) is 0 Å². The van der Waals surface area contributed by atoms with Gasteiger partial charge in [-0.25, -0.2) is 0 Å². The highest BCUT2D eigenvalue weighted by molar-refractivity contribution is 6.35. The van der Waals surface area contributed by atoms with E-state index < -0.39 is 0 Å². The average Bonchev–Trinajstić information content (AvgIpc) is 2.46. The van der Waals surface area contributed by atoms with Crippen molar-refractivity contribution in [3.8, 4) is 5.75 Å². The van der Waals surface area contributed by atoms with Gasteiger partial charge in [0.15, 0.2) is 0 Å². The Morgan fingerprint density at radius 3 is 2.48 bits per heavy atom. The van der Waals surface area contributed by atoms with Crippen molar-refractivity contribution in [3.63, 3.8) is 0 Å². The molecule has 2 aromatic rings. The standard InChI is InChI=1S/C17H19Cl2NO/c1-12(2-3-13-4-8-16(21)9-5-13)20-11-14-6-7-15(18)10-17(14)19/h4-10,12,20-21H,2-3,11H2,1H3/p+1/t12-/m1/s1. The predicted octanol–water partition coefficient (Wildman–Crippen LogP) is 3.78. The Balaban J connectivity index is 1.79. The zero-order valence-electron chi connectivity index (χ0n) is 12.0. The first-order chi connectivity index (χ1) is 10.0. The number of phenols is 1. The van der Waals surface area contributed by atoms with E-state index in [-0.39, 0.29) is 0 Å². The van der Waals surface area contributed by atoms with Crippen LogP contribution in [0.2, 0.25) is 10.0 Å². The summed E-state index contributed by atoms with van der Waals surface area (Å²) in [4.78, 5) is 0. The fourth-order valence-corrected chi connectivity index (χ4v) is 2.68.